The molecule has 0 amide bonds. The highest BCUT2D eigenvalue weighted by atomic mass is 32.2. The second-order valence-electron chi connectivity index (χ2n) is 9.23. The summed E-state index contributed by atoms with van der Waals surface area (Å²) in [4.78, 5) is 21.6. The molecule has 1 fully saturated rings. The van der Waals surface area contributed by atoms with Crippen LogP contribution < -0.4 is 10.5 Å². The number of ether oxygens (including phenoxy) is 1. The zero-order valence-corrected chi connectivity index (χ0v) is 21.7. The molecule has 0 unspecified atom stereocenters. The number of benzene rings is 2. The number of piperazine rings is 1. The van der Waals surface area contributed by atoms with Crippen molar-refractivity contribution in [1.82, 2.24) is 24.7 Å². The molecule has 0 atom stereocenters. The van der Waals surface area contributed by atoms with Gasteiger partial charge in [0.05, 0.1) is 35.6 Å². The summed E-state index contributed by atoms with van der Waals surface area (Å²) in [6.45, 7) is 8.69. The zero-order valence-electron chi connectivity index (χ0n) is 20.8. The van der Waals surface area contributed by atoms with Crippen molar-refractivity contribution in [2.75, 3.05) is 57.4 Å². The monoisotopic (exact) mass is 526 g/mol. The Bertz CT molecular complexity index is 1610. The number of aromatic nitrogens is 4. The maximum absolute atomic E-state index is 13.5. The fourth-order valence-corrected chi connectivity index (χ4v) is 6.24. The molecule has 0 bridgehead atoms. The van der Waals surface area contributed by atoms with Crippen LogP contribution in [-0.4, -0.2) is 90.8 Å². The fraction of sp³-hybridized carbons (Fsp3) is 0.400. The van der Waals surface area contributed by atoms with Gasteiger partial charge in [0.15, 0.2) is 5.65 Å². The number of anilines is 1. The van der Waals surface area contributed by atoms with Crippen LogP contribution in [0.5, 0.6) is 0 Å². The van der Waals surface area contributed by atoms with Crippen molar-refractivity contribution in [3.63, 3.8) is 0 Å². The number of H-pyrrole nitrogens is 1. The number of aliphatic hydroxyl groups is 1. The van der Waals surface area contributed by atoms with E-state index in [1.807, 2.05) is 19.1 Å². The average molecular weight is 527 g/mol. The van der Waals surface area contributed by atoms with Crippen LogP contribution in [0.15, 0.2) is 51.1 Å². The van der Waals surface area contributed by atoms with Gasteiger partial charge in [0.2, 0.25) is 14.9 Å². The number of hydrogen-bond donors (Lipinski definition) is 2. The summed E-state index contributed by atoms with van der Waals surface area (Å²) in [6, 6.07) is 10.6. The van der Waals surface area contributed by atoms with E-state index in [1.54, 1.807) is 31.2 Å². The van der Waals surface area contributed by atoms with Crippen LogP contribution >= 0.6 is 0 Å². The highest BCUT2D eigenvalue weighted by Gasteiger charge is 2.28. The van der Waals surface area contributed by atoms with E-state index in [0.717, 1.165) is 44.0 Å². The Morgan fingerprint density at radius 1 is 1.05 bits per heavy atom. The van der Waals surface area contributed by atoms with Gasteiger partial charge in [-0.3, -0.25) is 9.69 Å². The van der Waals surface area contributed by atoms with Crippen molar-refractivity contribution in [2.24, 2.45) is 0 Å². The maximum Gasteiger partial charge on any atom is 0.281 e. The predicted molar refractivity (Wildman–Crippen MR) is 139 cm³/mol. The van der Waals surface area contributed by atoms with E-state index in [2.05, 4.69) is 25.1 Å². The summed E-state index contributed by atoms with van der Waals surface area (Å²) in [5.41, 5.74) is 2.46. The highest BCUT2D eigenvalue weighted by molar-refractivity contribution is 7.91. The van der Waals surface area contributed by atoms with Crippen molar-refractivity contribution in [3.05, 3.63) is 57.9 Å². The molecule has 1 aliphatic heterocycles. The van der Waals surface area contributed by atoms with Crippen molar-refractivity contribution in [3.8, 4) is 0 Å². The van der Waals surface area contributed by atoms with Crippen LogP contribution in [-0.2, 0) is 14.6 Å². The summed E-state index contributed by atoms with van der Waals surface area (Å²) in [5.74, 6) is 0. The van der Waals surface area contributed by atoms with Crippen molar-refractivity contribution in [1.29, 1.82) is 0 Å². The second kappa shape index (κ2) is 10.2. The molecule has 37 heavy (non-hydrogen) atoms. The molecule has 4 aromatic rings. The third-order valence-electron chi connectivity index (χ3n) is 6.71. The zero-order chi connectivity index (χ0) is 26.2. The Balaban J connectivity index is 1.46. The van der Waals surface area contributed by atoms with Gasteiger partial charge in [-0.25, -0.2) is 18.1 Å². The number of aryl methyl sites for hydroxylation is 2. The molecular formula is C25H30N6O5S. The summed E-state index contributed by atoms with van der Waals surface area (Å²) >= 11 is 0. The molecule has 0 saturated carbocycles. The van der Waals surface area contributed by atoms with Gasteiger partial charge in [0, 0.05) is 38.4 Å². The molecule has 11 nitrogen and oxygen atoms in total. The Labute approximate surface area is 214 Å². The number of nitrogens with one attached hydrogen (secondary N) is 1. The molecule has 2 N–H and O–H groups in total. The second-order valence-corrected chi connectivity index (χ2v) is 11.1. The number of aromatic amines is 1. The van der Waals surface area contributed by atoms with Crippen LogP contribution in [0.3, 0.4) is 0 Å². The first-order valence-electron chi connectivity index (χ1n) is 12.2. The lowest BCUT2D eigenvalue weighted by Crippen LogP contribution is -2.47. The van der Waals surface area contributed by atoms with Crippen molar-refractivity contribution in [2.45, 2.75) is 23.8 Å². The smallest absolute Gasteiger partial charge is 0.281 e. The molecule has 0 spiro atoms. The molecule has 3 heterocycles. The molecular weight excluding hydrogens is 496 g/mol. The van der Waals surface area contributed by atoms with Crippen LogP contribution in [0.2, 0.25) is 0 Å². The average Bonchev–Trinajstić information content (AvgIpc) is 3.31. The lowest BCUT2D eigenvalue weighted by atomic mass is 10.2. The van der Waals surface area contributed by atoms with Gasteiger partial charge in [-0.15, -0.1) is 5.10 Å². The van der Waals surface area contributed by atoms with Gasteiger partial charge < -0.3 is 14.7 Å². The van der Waals surface area contributed by atoms with Gasteiger partial charge >= 0.3 is 0 Å². The summed E-state index contributed by atoms with van der Waals surface area (Å²) in [6.07, 6.45) is 0. The first-order valence-corrected chi connectivity index (χ1v) is 13.7. The summed E-state index contributed by atoms with van der Waals surface area (Å²) < 4.78 is 33.8. The molecule has 0 radical (unpaired) electrons. The summed E-state index contributed by atoms with van der Waals surface area (Å²) in [5, 5.41) is 15.8. The van der Waals surface area contributed by atoms with E-state index in [9.17, 15) is 13.2 Å². The Morgan fingerprint density at radius 2 is 1.84 bits per heavy atom. The van der Waals surface area contributed by atoms with E-state index < -0.39 is 15.4 Å². The molecule has 2 aromatic heterocycles. The lowest BCUT2D eigenvalue weighted by molar-refractivity contribution is 0.0724. The number of fused-ring (bicyclic) bond motifs is 3. The van der Waals surface area contributed by atoms with Crippen LogP contribution in [0.25, 0.3) is 16.6 Å². The topological polar surface area (TPSA) is 133 Å². The predicted octanol–water partition coefficient (Wildman–Crippen LogP) is 1.15. The minimum Gasteiger partial charge on any atom is -0.394 e. The number of hydrogen-bond acceptors (Lipinski definition) is 9. The highest BCUT2D eigenvalue weighted by Crippen LogP contribution is 2.27. The molecule has 12 heteroatoms. The number of sulfone groups is 1. The standard InChI is InChI=1S/C25H30N6O5S/c1-17-3-6-22(18(2)15-17)37(34,35)25-23-26-24(33)20-5-4-19(16-21(20)31(23)28-27-25)30-9-7-29(8-10-30)11-13-36-14-12-32/h3-6,15-16,28,32H,7-14H2,1-2H3. The van der Waals surface area contributed by atoms with Gasteiger partial charge in [0.1, 0.15) is 0 Å². The van der Waals surface area contributed by atoms with E-state index in [0.29, 0.717) is 29.7 Å². The lowest BCUT2D eigenvalue weighted by Gasteiger charge is -2.36. The maximum atomic E-state index is 13.5. The van der Waals surface area contributed by atoms with Gasteiger partial charge in [-0.05, 0) is 43.7 Å². The van der Waals surface area contributed by atoms with Crippen LogP contribution in [0.1, 0.15) is 11.1 Å². The molecule has 2 aromatic carbocycles. The van der Waals surface area contributed by atoms with E-state index in [4.69, 9.17) is 9.84 Å². The first-order chi connectivity index (χ1) is 17.8. The normalized spacial score (nSPS) is 15.2. The van der Waals surface area contributed by atoms with E-state index in [1.165, 1.54) is 4.52 Å². The van der Waals surface area contributed by atoms with Crippen molar-refractivity contribution >= 4 is 32.1 Å². The quantitative estimate of drug-likeness (QED) is 0.324. The molecule has 196 valence electrons. The molecule has 1 aliphatic rings. The molecule has 1 saturated heterocycles. The SMILES string of the molecule is Cc1ccc(S(=O)(=O)c2n[nH]n3c2nc(=O)c2ccc(N4CCN(CCOCCO)CC4)cc23)c(C)c1. The fourth-order valence-electron chi connectivity index (χ4n) is 4.77. The third-order valence-corrected chi connectivity index (χ3v) is 8.53. The van der Waals surface area contributed by atoms with Crippen LogP contribution in [0, 0.1) is 13.8 Å². The van der Waals surface area contributed by atoms with Gasteiger partial charge in [-0.1, -0.05) is 17.7 Å². The minimum atomic E-state index is -4.01. The molecule has 5 rings (SSSR count). The number of aliphatic hydroxyl groups excluding tert-OH is 1. The Morgan fingerprint density at radius 3 is 2.57 bits per heavy atom. The number of rotatable bonds is 8. The molecule has 0 aliphatic carbocycles. The van der Waals surface area contributed by atoms with E-state index in [-0.39, 0.29) is 22.2 Å². The van der Waals surface area contributed by atoms with Gasteiger partial charge in [0.25, 0.3) is 5.56 Å². The minimum absolute atomic E-state index is 0.0248. The van der Waals surface area contributed by atoms with Gasteiger partial charge in [-0.2, -0.15) is 4.98 Å². The van der Waals surface area contributed by atoms with E-state index >= 15 is 0 Å². The Hall–Kier alpha value is -3.32. The van der Waals surface area contributed by atoms with Crippen molar-refractivity contribution < 1.29 is 18.3 Å². The third kappa shape index (κ3) is 4.85. The number of nitrogens with zero attached hydrogens (tertiary/aromatic N) is 5. The summed E-state index contributed by atoms with van der Waals surface area (Å²) in [7, 11) is -4.01. The van der Waals surface area contributed by atoms with Crippen LogP contribution in [0.4, 0.5) is 5.69 Å². The Kier molecular flexibility index (Phi) is 6.99. The first kappa shape index (κ1) is 25.3. The largest absolute Gasteiger partial charge is 0.394 e.